The Morgan fingerprint density at radius 3 is 2.43 bits per heavy atom. The van der Waals surface area contributed by atoms with E-state index in [9.17, 15) is 4.79 Å². The minimum Gasteiger partial charge on any atom is -0.487 e. The number of benzene rings is 1. The third kappa shape index (κ3) is 4.07. The number of likely N-dealkylation sites (tertiary alicyclic amines) is 1. The molecule has 1 amide bonds. The second kappa shape index (κ2) is 7.55. The van der Waals surface area contributed by atoms with Crippen LogP contribution in [0.3, 0.4) is 0 Å². The van der Waals surface area contributed by atoms with E-state index in [1.807, 2.05) is 36.1 Å². The summed E-state index contributed by atoms with van der Waals surface area (Å²) in [4.78, 5) is 14.5. The van der Waals surface area contributed by atoms with Gasteiger partial charge in [0.1, 0.15) is 18.1 Å². The van der Waals surface area contributed by atoms with Crippen LogP contribution in [0.2, 0.25) is 0 Å². The normalized spacial score (nSPS) is 15.3. The van der Waals surface area contributed by atoms with Gasteiger partial charge in [-0.3, -0.25) is 4.79 Å². The molecule has 23 heavy (non-hydrogen) atoms. The van der Waals surface area contributed by atoms with Crippen LogP contribution in [0.15, 0.2) is 24.3 Å². The molecular weight excluding hydrogens is 310 g/mol. The molecule has 0 radical (unpaired) electrons. The van der Waals surface area contributed by atoms with Gasteiger partial charge in [0.15, 0.2) is 0 Å². The van der Waals surface area contributed by atoms with Gasteiger partial charge in [-0.05, 0) is 44.0 Å². The van der Waals surface area contributed by atoms with E-state index in [4.69, 9.17) is 4.74 Å². The topological polar surface area (TPSA) is 55.3 Å². The van der Waals surface area contributed by atoms with Gasteiger partial charge < -0.3 is 9.64 Å². The van der Waals surface area contributed by atoms with Gasteiger partial charge >= 0.3 is 0 Å². The predicted molar refractivity (Wildman–Crippen MR) is 89.8 cm³/mol. The molecule has 0 unspecified atom stereocenters. The van der Waals surface area contributed by atoms with Crippen molar-refractivity contribution in [2.24, 2.45) is 0 Å². The predicted octanol–water partition coefficient (Wildman–Crippen LogP) is 3.44. The number of aromatic nitrogens is 2. The molecule has 0 N–H and O–H groups in total. The zero-order chi connectivity index (χ0) is 16.1. The second-order valence-electron chi connectivity index (χ2n) is 5.82. The highest BCUT2D eigenvalue weighted by Gasteiger charge is 2.17. The number of aryl methyl sites for hydroxylation is 1. The Morgan fingerprint density at radius 1 is 1.13 bits per heavy atom. The average Bonchev–Trinajstić information content (AvgIpc) is 2.82. The number of rotatable bonds is 4. The Balaban J connectivity index is 1.60. The lowest BCUT2D eigenvalue weighted by Crippen LogP contribution is -2.31. The van der Waals surface area contributed by atoms with Gasteiger partial charge in [0.25, 0.3) is 5.91 Å². The van der Waals surface area contributed by atoms with Crippen LogP contribution in [0.5, 0.6) is 5.75 Å². The second-order valence-corrected chi connectivity index (χ2v) is 6.34. The molecule has 0 spiro atoms. The van der Waals surface area contributed by atoms with Crippen LogP contribution >= 0.6 is 11.7 Å². The van der Waals surface area contributed by atoms with E-state index in [0.717, 1.165) is 48.6 Å². The summed E-state index contributed by atoms with van der Waals surface area (Å²) in [7, 11) is 0. The van der Waals surface area contributed by atoms with Crippen molar-refractivity contribution in [1.82, 2.24) is 13.6 Å². The molecule has 122 valence electrons. The molecule has 0 atom stereocenters. The maximum Gasteiger partial charge on any atom is 0.253 e. The molecule has 1 fully saturated rings. The number of hydrogen-bond acceptors (Lipinski definition) is 5. The number of nitrogens with zero attached hydrogens (tertiary/aromatic N) is 3. The van der Waals surface area contributed by atoms with Crippen molar-refractivity contribution in [3.8, 4) is 5.75 Å². The summed E-state index contributed by atoms with van der Waals surface area (Å²) in [5, 5.41) is 0. The molecule has 2 aromatic rings. The maximum atomic E-state index is 12.5. The average molecular weight is 331 g/mol. The highest BCUT2D eigenvalue weighted by Crippen LogP contribution is 2.18. The van der Waals surface area contributed by atoms with Crippen LogP contribution in [-0.2, 0) is 6.61 Å². The monoisotopic (exact) mass is 331 g/mol. The lowest BCUT2D eigenvalue weighted by molar-refractivity contribution is 0.0761. The molecule has 0 aliphatic carbocycles. The SMILES string of the molecule is Cc1nsnc1COc1ccc(C(=O)N2CCCCCC2)cc1. The minimum atomic E-state index is 0.123. The van der Waals surface area contributed by atoms with Crippen molar-refractivity contribution in [3.05, 3.63) is 41.2 Å². The summed E-state index contributed by atoms with van der Waals surface area (Å²) in [5.74, 6) is 0.864. The van der Waals surface area contributed by atoms with E-state index in [0.29, 0.717) is 6.61 Å². The van der Waals surface area contributed by atoms with Crippen molar-refractivity contribution in [2.75, 3.05) is 13.1 Å². The number of ether oxygens (including phenoxy) is 1. The summed E-state index contributed by atoms with van der Waals surface area (Å²) >= 11 is 1.20. The molecule has 1 aromatic carbocycles. The zero-order valence-corrected chi connectivity index (χ0v) is 14.1. The van der Waals surface area contributed by atoms with Crippen LogP contribution in [0.25, 0.3) is 0 Å². The number of hydrogen-bond donors (Lipinski definition) is 0. The van der Waals surface area contributed by atoms with Crippen LogP contribution < -0.4 is 4.74 Å². The standard InChI is InChI=1S/C17H21N3O2S/c1-13-16(19-23-18-13)12-22-15-8-6-14(7-9-15)17(21)20-10-4-2-3-5-11-20/h6-9H,2-5,10-12H2,1H3. The smallest absolute Gasteiger partial charge is 0.253 e. The van der Waals surface area contributed by atoms with Crippen LogP contribution in [-0.4, -0.2) is 32.6 Å². The Morgan fingerprint density at radius 2 is 1.83 bits per heavy atom. The van der Waals surface area contributed by atoms with E-state index in [2.05, 4.69) is 8.75 Å². The van der Waals surface area contributed by atoms with Gasteiger partial charge in [-0.2, -0.15) is 8.75 Å². The van der Waals surface area contributed by atoms with Crippen LogP contribution in [0.1, 0.15) is 47.4 Å². The van der Waals surface area contributed by atoms with Crippen LogP contribution in [0.4, 0.5) is 0 Å². The highest BCUT2D eigenvalue weighted by molar-refractivity contribution is 6.99. The lowest BCUT2D eigenvalue weighted by Gasteiger charge is -2.20. The van der Waals surface area contributed by atoms with E-state index in [-0.39, 0.29) is 5.91 Å². The first-order valence-corrected chi connectivity index (χ1v) is 8.77. The van der Waals surface area contributed by atoms with Gasteiger partial charge in [0.05, 0.1) is 17.4 Å². The summed E-state index contributed by atoms with van der Waals surface area (Å²) in [6.07, 6.45) is 4.66. The van der Waals surface area contributed by atoms with E-state index in [1.54, 1.807) is 0 Å². The first kappa shape index (κ1) is 15.9. The summed E-state index contributed by atoms with van der Waals surface area (Å²) in [6, 6.07) is 7.38. The first-order chi connectivity index (χ1) is 11.2. The quantitative estimate of drug-likeness (QED) is 0.861. The number of carbonyl (C=O) groups is 1. The van der Waals surface area contributed by atoms with Gasteiger partial charge in [-0.25, -0.2) is 0 Å². The maximum absolute atomic E-state index is 12.5. The van der Waals surface area contributed by atoms with E-state index < -0.39 is 0 Å². The molecule has 1 aromatic heterocycles. The molecule has 3 rings (SSSR count). The summed E-state index contributed by atoms with van der Waals surface area (Å²) in [5.41, 5.74) is 2.49. The zero-order valence-electron chi connectivity index (χ0n) is 13.3. The van der Waals surface area contributed by atoms with Gasteiger partial charge in [-0.1, -0.05) is 12.8 Å². The number of carbonyl (C=O) groups excluding carboxylic acids is 1. The Hall–Kier alpha value is -1.95. The third-order valence-electron chi connectivity index (χ3n) is 4.12. The van der Waals surface area contributed by atoms with Crippen molar-refractivity contribution < 1.29 is 9.53 Å². The molecule has 6 heteroatoms. The van der Waals surface area contributed by atoms with Crippen molar-refractivity contribution >= 4 is 17.6 Å². The van der Waals surface area contributed by atoms with Gasteiger partial charge in [-0.15, -0.1) is 0 Å². The molecule has 1 aliphatic rings. The molecular formula is C17H21N3O2S. The lowest BCUT2D eigenvalue weighted by atomic mass is 10.2. The first-order valence-electron chi connectivity index (χ1n) is 8.04. The van der Waals surface area contributed by atoms with Gasteiger partial charge in [0, 0.05) is 18.7 Å². The molecule has 0 bridgehead atoms. The largest absolute Gasteiger partial charge is 0.487 e. The fourth-order valence-electron chi connectivity index (χ4n) is 2.68. The van der Waals surface area contributed by atoms with Crippen molar-refractivity contribution in [1.29, 1.82) is 0 Å². The fraction of sp³-hybridized carbons (Fsp3) is 0.471. The summed E-state index contributed by atoms with van der Waals surface area (Å²) < 4.78 is 14.0. The molecule has 1 aliphatic heterocycles. The Bertz CT molecular complexity index is 646. The highest BCUT2D eigenvalue weighted by atomic mass is 32.1. The van der Waals surface area contributed by atoms with Crippen molar-refractivity contribution in [3.63, 3.8) is 0 Å². The van der Waals surface area contributed by atoms with Gasteiger partial charge in [0.2, 0.25) is 0 Å². The molecule has 0 saturated carbocycles. The third-order valence-corrected chi connectivity index (χ3v) is 4.77. The summed E-state index contributed by atoms with van der Waals surface area (Å²) in [6.45, 7) is 4.06. The molecule has 5 nitrogen and oxygen atoms in total. The molecule has 2 heterocycles. The van der Waals surface area contributed by atoms with E-state index in [1.165, 1.54) is 24.6 Å². The number of amides is 1. The molecule has 1 saturated heterocycles. The van der Waals surface area contributed by atoms with E-state index >= 15 is 0 Å². The van der Waals surface area contributed by atoms with Crippen molar-refractivity contribution in [2.45, 2.75) is 39.2 Å². The Labute approximate surface area is 140 Å². The van der Waals surface area contributed by atoms with Crippen LogP contribution in [0, 0.1) is 6.92 Å². The Kier molecular flexibility index (Phi) is 5.23. The fourth-order valence-corrected chi connectivity index (χ4v) is 3.23. The minimum absolute atomic E-state index is 0.123.